The first kappa shape index (κ1) is 18.3. The second kappa shape index (κ2) is 9.29. The number of aliphatic imine (C=N–C) groups is 1. The number of guanidine groups is 1. The van der Waals surface area contributed by atoms with Crippen LogP contribution < -0.4 is 11.1 Å². The van der Waals surface area contributed by atoms with Gasteiger partial charge in [-0.15, -0.1) is 0 Å². The van der Waals surface area contributed by atoms with E-state index in [2.05, 4.69) is 38.0 Å². The number of nitrogens with zero attached hydrogens (tertiary/aromatic N) is 1. The molecule has 21 heavy (non-hydrogen) atoms. The molecular formula is C17H35N3O. The van der Waals surface area contributed by atoms with Crippen LogP contribution in [-0.2, 0) is 4.74 Å². The minimum Gasteiger partial charge on any atom is -0.377 e. The van der Waals surface area contributed by atoms with Crippen LogP contribution in [0.25, 0.3) is 0 Å². The molecule has 2 atom stereocenters. The molecule has 0 aromatic rings. The molecule has 2 unspecified atom stereocenters. The normalized spacial score (nSPS) is 24.1. The van der Waals surface area contributed by atoms with Crippen molar-refractivity contribution in [3.05, 3.63) is 0 Å². The minimum atomic E-state index is 0.170. The van der Waals surface area contributed by atoms with E-state index in [1.165, 1.54) is 32.1 Å². The quantitative estimate of drug-likeness (QED) is 0.430. The van der Waals surface area contributed by atoms with Crippen molar-refractivity contribution < 1.29 is 4.74 Å². The number of rotatable bonds is 7. The summed E-state index contributed by atoms with van der Waals surface area (Å²) in [6.45, 7) is 11.5. The van der Waals surface area contributed by atoms with Crippen molar-refractivity contribution in [1.29, 1.82) is 0 Å². The van der Waals surface area contributed by atoms with Crippen molar-refractivity contribution in [3.8, 4) is 0 Å². The topological polar surface area (TPSA) is 59.6 Å². The molecule has 0 saturated carbocycles. The fourth-order valence-corrected chi connectivity index (χ4v) is 3.03. The summed E-state index contributed by atoms with van der Waals surface area (Å²) in [4.78, 5) is 4.53. The van der Waals surface area contributed by atoms with Gasteiger partial charge in [0.15, 0.2) is 5.96 Å². The predicted molar refractivity (Wildman–Crippen MR) is 90.6 cm³/mol. The Morgan fingerprint density at radius 2 is 2.05 bits per heavy atom. The molecule has 1 fully saturated rings. The fraction of sp³-hybridized carbons (Fsp3) is 0.941. The zero-order valence-corrected chi connectivity index (χ0v) is 14.5. The molecule has 0 aromatic heterocycles. The van der Waals surface area contributed by atoms with E-state index in [0.29, 0.717) is 11.9 Å². The molecule has 4 heteroatoms. The Morgan fingerprint density at radius 1 is 1.29 bits per heavy atom. The number of hydrogen-bond donors (Lipinski definition) is 2. The molecule has 1 rings (SSSR count). The van der Waals surface area contributed by atoms with Crippen LogP contribution in [0.5, 0.6) is 0 Å². The van der Waals surface area contributed by atoms with Crippen molar-refractivity contribution >= 4 is 5.96 Å². The molecule has 1 heterocycles. The maximum atomic E-state index is 5.98. The van der Waals surface area contributed by atoms with Gasteiger partial charge in [0.2, 0.25) is 0 Å². The van der Waals surface area contributed by atoms with E-state index < -0.39 is 0 Å². The van der Waals surface area contributed by atoms with Crippen molar-refractivity contribution in [1.82, 2.24) is 5.32 Å². The number of hydrogen-bond acceptors (Lipinski definition) is 2. The molecule has 124 valence electrons. The molecule has 1 saturated heterocycles. The molecule has 3 N–H and O–H groups in total. The summed E-state index contributed by atoms with van der Waals surface area (Å²) in [5.41, 5.74) is 6.13. The Hall–Kier alpha value is -0.770. The molecule has 1 aliphatic rings. The predicted octanol–water partition coefficient (Wildman–Crippen LogP) is 3.31. The fourth-order valence-electron chi connectivity index (χ4n) is 3.03. The van der Waals surface area contributed by atoms with E-state index in [1.54, 1.807) is 0 Å². The van der Waals surface area contributed by atoms with Gasteiger partial charge in [0.1, 0.15) is 0 Å². The molecule has 0 aliphatic carbocycles. The largest absolute Gasteiger partial charge is 0.377 e. The summed E-state index contributed by atoms with van der Waals surface area (Å²) in [6.07, 6.45) is 7.60. The lowest BCUT2D eigenvalue weighted by Gasteiger charge is -2.39. The average molecular weight is 297 g/mol. The number of nitrogens with one attached hydrogen (secondary N) is 1. The molecule has 0 amide bonds. The van der Waals surface area contributed by atoms with Gasteiger partial charge in [-0.1, -0.05) is 47.0 Å². The molecule has 4 nitrogen and oxygen atoms in total. The van der Waals surface area contributed by atoms with E-state index in [4.69, 9.17) is 10.5 Å². The summed E-state index contributed by atoms with van der Waals surface area (Å²) >= 11 is 0. The van der Waals surface area contributed by atoms with E-state index in [0.717, 1.165) is 26.1 Å². The van der Waals surface area contributed by atoms with Gasteiger partial charge in [-0.25, -0.2) is 0 Å². The maximum absolute atomic E-state index is 5.98. The zero-order chi connectivity index (χ0) is 15.7. The Bertz CT molecular complexity index is 310. The maximum Gasteiger partial charge on any atom is 0.188 e. The SMILES string of the molecule is CCCCCCNC(N)=NCC1CCCOC1C(C)(C)C. The highest BCUT2D eigenvalue weighted by molar-refractivity contribution is 5.77. The Balaban J connectivity index is 2.34. The lowest BCUT2D eigenvalue weighted by atomic mass is 9.78. The molecule has 0 aromatic carbocycles. The molecule has 0 bridgehead atoms. The summed E-state index contributed by atoms with van der Waals surface area (Å²) in [5.74, 6) is 1.07. The van der Waals surface area contributed by atoms with Crippen LogP contribution >= 0.6 is 0 Å². The molecule has 0 radical (unpaired) electrons. The Kier molecular flexibility index (Phi) is 8.09. The number of nitrogens with two attached hydrogens (primary N) is 1. The van der Waals surface area contributed by atoms with Crippen molar-refractivity contribution in [2.75, 3.05) is 19.7 Å². The Morgan fingerprint density at radius 3 is 2.71 bits per heavy atom. The van der Waals surface area contributed by atoms with Crippen molar-refractivity contribution in [2.24, 2.45) is 22.1 Å². The molecule has 0 spiro atoms. The molecule has 1 aliphatic heterocycles. The van der Waals surface area contributed by atoms with Crippen LogP contribution in [0.4, 0.5) is 0 Å². The van der Waals surface area contributed by atoms with Crippen molar-refractivity contribution in [3.63, 3.8) is 0 Å². The van der Waals surface area contributed by atoms with E-state index in [1.807, 2.05) is 0 Å². The van der Waals surface area contributed by atoms with Crippen LogP contribution in [0.15, 0.2) is 4.99 Å². The highest BCUT2D eigenvalue weighted by Gasteiger charge is 2.35. The van der Waals surface area contributed by atoms with Crippen LogP contribution in [0.3, 0.4) is 0 Å². The average Bonchev–Trinajstić information content (AvgIpc) is 2.44. The van der Waals surface area contributed by atoms with E-state index >= 15 is 0 Å². The molecular weight excluding hydrogens is 262 g/mol. The number of unbranched alkanes of at least 4 members (excludes halogenated alkanes) is 3. The van der Waals surface area contributed by atoms with Gasteiger partial charge < -0.3 is 15.8 Å². The van der Waals surface area contributed by atoms with Crippen LogP contribution in [0.1, 0.15) is 66.2 Å². The van der Waals surface area contributed by atoms with E-state index in [9.17, 15) is 0 Å². The minimum absolute atomic E-state index is 0.170. The first-order chi connectivity index (χ1) is 9.95. The smallest absolute Gasteiger partial charge is 0.188 e. The highest BCUT2D eigenvalue weighted by atomic mass is 16.5. The second-order valence-corrected chi connectivity index (χ2v) is 7.27. The monoisotopic (exact) mass is 297 g/mol. The third kappa shape index (κ3) is 7.16. The number of ether oxygens (including phenoxy) is 1. The van der Waals surface area contributed by atoms with Gasteiger partial charge in [-0.2, -0.15) is 0 Å². The first-order valence-electron chi connectivity index (χ1n) is 8.60. The lowest BCUT2D eigenvalue weighted by Crippen LogP contribution is -2.42. The summed E-state index contributed by atoms with van der Waals surface area (Å²) in [7, 11) is 0. The van der Waals surface area contributed by atoms with Crippen LogP contribution in [0, 0.1) is 11.3 Å². The summed E-state index contributed by atoms with van der Waals surface area (Å²) in [6, 6.07) is 0. The van der Waals surface area contributed by atoms with Gasteiger partial charge >= 0.3 is 0 Å². The second-order valence-electron chi connectivity index (χ2n) is 7.27. The van der Waals surface area contributed by atoms with Gasteiger partial charge in [0.25, 0.3) is 0 Å². The van der Waals surface area contributed by atoms with Gasteiger partial charge in [0, 0.05) is 25.6 Å². The van der Waals surface area contributed by atoms with E-state index in [-0.39, 0.29) is 11.5 Å². The first-order valence-corrected chi connectivity index (χ1v) is 8.60. The highest BCUT2D eigenvalue weighted by Crippen LogP contribution is 2.34. The van der Waals surface area contributed by atoms with Crippen molar-refractivity contribution in [2.45, 2.75) is 72.3 Å². The van der Waals surface area contributed by atoms with Gasteiger partial charge in [0.05, 0.1) is 6.10 Å². The standard InChI is InChI=1S/C17H35N3O/c1-5-6-7-8-11-19-16(18)20-13-14-10-9-12-21-15(14)17(2,3)4/h14-15H,5-13H2,1-4H3,(H3,18,19,20). The summed E-state index contributed by atoms with van der Waals surface area (Å²) in [5, 5.41) is 3.22. The van der Waals surface area contributed by atoms with Crippen LogP contribution in [0.2, 0.25) is 0 Å². The van der Waals surface area contributed by atoms with Gasteiger partial charge in [-0.3, -0.25) is 4.99 Å². The van der Waals surface area contributed by atoms with Crippen LogP contribution in [-0.4, -0.2) is 31.8 Å². The zero-order valence-electron chi connectivity index (χ0n) is 14.5. The third-order valence-electron chi connectivity index (χ3n) is 4.13. The Labute approximate surface area is 130 Å². The van der Waals surface area contributed by atoms with Gasteiger partial charge in [-0.05, 0) is 24.7 Å². The lowest BCUT2D eigenvalue weighted by molar-refractivity contribution is -0.0823. The third-order valence-corrected chi connectivity index (χ3v) is 4.13. The summed E-state index contributed by atoms with van der Waals surface area (Å²) < 4.78 is 5.98.